The lowest BCUT2D eigenvalue weighted by molar-refractivity contribution is -0.162. The van der Waals surface area contributed by atoms with Crippen molar-refractivity contribution in [3.63, 3.8) is 0 Å². The normalized spacial score (nSPS) is 35.2. The molecule has 0 N–H and O–H groups in total. The number of rotatable bonds is 4. The Labute approximate surface area is 84.8 Å². The summed E-state index contributed by atoms with van der Waals surface area (Å²) in [4.78, 5) is 11.1. The lowest BCUT2D eigenvalue weighted by Gasteiger charge is -2.41. The van der Waals surface area contributed by atoms with Gasteiger partial charge >= 0.3 is 0 Å². The first-order valence-corrected chi connectivity index (χ1v) is 5.38. The van der Waals surface area contributed by atoms with E-state index in [9.17, 15) is 4.79 Å². The van der Waals surface area contributed by atoms with Crippen LogP contribution in [0, 0.1) is 5.41 Å². The average Bonchev–Trinajstić information content (AvgIpc) is 3.00. The fourth-order valence-electron chi connectivity index (χ4n) is 2.55. The van der Waals surface area contributed by atoms with Crippen LogP contribution in [0.5, 0.6) is 0 Å². The van der Waals surface area contributed by atoms with Crippen LogP contribution in [0.3, 0.4) is 0 Å². The fourth-order valence-corrected chi connectivity index (χ4v) is 2.55. The SMILES string of the molecule is COCC1(C2(C=O)CC2)CCCCO1. The van der Waals surface area contributed by atoms with Crippen molar-refractivity contribution in [3.8, 4) is 0 Å². The van der Waals surface area contributed by atoms with E-state index in [0.29, 0.717) is 6.61 Å². The van der Waals surface area contributed by atoms with E-state index in [4.69, 9.17) is 9.47 Å². The Morgan fingerprint density at radius 1 is 1.36 bits per heavy atom. The first kappa shape index (κ1) is 10.1. The van der Waals surface area contributed by atoms with Crippen LogP contribution < -0.4 is 0 Å². The fraction of sp³-hybridized carbons (Fsp3) is 0.909. The van der Waals surface area contributed by atoms with Crippen molar-refractivity contribution in [2.75, 3.05) is 20.3 Å². The lowest BCUT2D eigenvalue weighted by atomic mass is 9.80. The topological polar surface area (TPSA) is 35.5 Å². The monoisotopic (exact) mass is 198 g/mol. The zero-order chi connectivity index (χ0) is 10.1. The van der Waals surface area contributed by atoms with Gasteiger partial charge in [-0.2, -0.15) is 0 Å². The predicted molar refractivity (Wildman–Crippen MR) is 52.1 cm³/mol. The van der Waals surface area contributed by atoms with Crippen molar-refractivity contribution < 1.29 is 14.3 Å². The summed E-state index contributed by atoms with van der Waals surface area (Å²) in [6, 6.07) is 0. The Morgan fingerprint density at radius 3 is 2.57 bits per heavy atom. The summed E-state index contributed by atoms with van der Waals surface area (Å²) in [7, 11) is 1.68. The van der Waals surface area contributed by atoms with Crippen LogP contribution in [-0.4, -0.2) is 32.2 Å². The number of carbonyl (C=O) groups is 1. The van der Waals surface area contributed by atoms with Gasteiger partial charge in [-0.05, 0) is 32.1 Å². The van der Waals surface area contributed by atoms with Gasteiger partial charge < -0.3 is 14.3 Å². The molecule has 2 aliphatic rings. The maximum Gasteiger partial charge on any atom is 0.129 e. The molecule has 3 nitrogen and oxygen atoms in total. The molecule has 0 spiro atoms. The van der Waals surface area contributed by atoms with Gasteiger partial charge in [0.05, 0.1) is 12.0 Å². The molecule has 1 atom stereocenters. The summed E-state index contributed by atoms with van der Waals surface area (Å²) in [6.45, 7) is 1.34. The maximum atomic E-state index is 11.1. The number of hydrogen-bond donors (Lipinski definition) is 0. The zero-order valence-corrected chi connectivity index (χ0v) is 8.75. The molecule has 1 aliphatic heterocycles. The molecule has 1 saturated carbocycles. The standard InChI is InChI=1S/C11H18O3/c1-13-9-11(4-2-3-7-14-11)10(8-12)5-6-10/h8H,2-7,9H2,1H3. The summed E-state index contributed by atoms with van der Waals surface area (Å²) >= 11 is 0. The van der Waals surface area contributed by atoms with Crippen molar-refractivity contribution >= 4 is 6.29 Å². The highest BCUT2D eigenvalue weighted by Crippen LogP contribution is 2.56. The van der Waals surface area contributed by atoms with E-state index >= 15 is 0 Å². The quantitative estimate of drug-likeness (QED) is 0.643. The van der Waals surface area contributed by atoms with Gasteiger partial charge in [-0.15, -0.1) is 0 Å². The molecule has 0 radical (unpaired) electrons. The summed E-state index contributed by atoms with van der Waals surface area (Å²) in [5.74, 6) is 0. The third kappa shape index (κ3) is 1.39. The molecule has 80 valence electrons. The van der Waals surface area contributed by atoms with Crippen LogP contribution in [0.1, 0.15) is 32.1 Å². The number of aldehydes is 1. The van der Waals surface area contributed by atoms with E-state index in [1.807, 2.05) is 0 Å². The Kier molecular flexibility index (Phi) is 2.62. The first-order valence-electron chi connectivity index (χ1n) is 5.38. The Bertz CT molecular complexity index is 209. The van der Waals surface area contributed by atoms with Crippen LogP contribution in [0.2, 0.25) is 0 Å². The van der Waals surface area contributed by atoms with Gasteiger partial charge in [0.2, 0.25) is 0 Å². The van der Waals surface area contributed by atoms with Gasteiger partial charge in [0.25, 0.3) is 0 Å². The molecular formula is C11H18O3. The second kappa shape index (κ2) is 3.63. The van der Waals surface area contributed by atoms with Crippen LogP contribution in [0.4, 0.5) is 0 Å². The van der Waals surface area contributed by atoms with E-state index in [1.54, 1.807) is 7.11 Å². The summed E-state index contributed by atoms with van der Waals surface area (Å²) in [6.07, 6.45) is 6.27. The number of methoxy groups -OCH3 is 1. The Morgan fingerprint density at radius 2 is 2.14 bits per heavy atom. The molecule has 0 bridgehead atoms. The van der Waals surface area contributed by atoms with E-state index in [-0.39, 0.29) is 11.0 Å². The molecule has 1 saturated heterocycles. The Hall–Kier alpha value is -0.410. The van der Waals surface area contributed by atoms with Gasteiger partial charge in [-0.3, -0.25) is 0 Å². The second-order valence-corrected chi connectivity index (χ2v) is 4.51. The smallest absolute Gasteiger partial charge is 0.129 e. The van der Waals surface area contributed by atoms with Crippen molar-refractivity contribution in [2.24, 2.45) is 5.41 Å². The molecule has 1 aliphatic carbocycles. The minimum absolute atomic E-state index is 0.219. The van der Waals surface area contributed by atoms with Crippen LogP contribution in [0.15, 0.2) is 0 Å². The highest BCUT2D eigenvalue weighted by atomic mass is 16.5. The molecule has 1 unspecified atom stereocenters. The third-order valence-electron chi connectivity index (χ3n) is 3.65. The molecule has 0 amide bonds. The van der Waals surface area contributed by atoms with Gasteiger partial charge in [-0.25, -0.2) is 0 Å². The number of ether oxygens (including phenoxy) is 2. The predicted octanol–water partition coefficient (Wildman–Crippen LogP) is 1.55. The molecule has 0 aromatic carbocycles. The maximum absolute atomic E-state index is 11.1. The highest BCUT2D eigenvalue weighted by Gasteiger charge is 2.60. The van der Waals surface area contributed by atoms with E-state index in [0.717, 1.165) is 45.0 Å². The Balaban J connectivity index is 2.16. The average molecular weight is 198 g/mol. The van der Waals surface area contributed by atoms with Crippen LogP contribution in [-0.2, 0) is 14.3 Å². The van der Waals surface area contributed by atoms with Crippen molar-refractivity contribution in [1.82, 2.24) is 0 Å². The highest BCUT2D eigenvalue weighted by molar-refractivity contribution is 5.66. The summed E-state index contributed by atoms with van der Waals surface area (Å²) in [5, 5.41) is 0. The van der Waals surface area contributed by atoms with E-state index in [1.165, 1.54) is 0 Å². The molecular weight excluding hydrogens is 180 g/mol. The van der Waals surface area contributed by atoms with Gasteiger partial charge in [0.15, 0.2) is 0 Å². The number of hydrogen-bond acceptors (Lipinski definition) is 3. The van der Waals surface area contributed by atoms with Gasteiger partial charge in [0, 0.05) is 13.7 Å². The van der Waals surface area contributed by atoms with Crippen molar-refractivity contribution in [1.29, 1.82) is 0 Å². The lowest BCUT2D eigenvalue weighted by Crippen LogP contribution is -2.49. The first-order chi connectivity index (χ1) is 6.79. The molecule has 3 heteroatoms. The van der Waals surface area contributed by atoms with Crippen LogP contribution >= 0.6 is 0 Å². The largest absolute Gasteiger partial charge is 0.382 e. The van der Waals surface area contributed by atoms with Crippen LogP contribution in [0.25, 0.3) is 0 Å². The van der Waals surface area contributed by atoms with E-state index in [2.05, 4.69) is 0 Å². The summed E-state index contributed by atoms with van der Waals surface area (Å²) < 4.78 is 11.1. The van der Waals surface area contributed by atoms with Gasteiger partial charge in [-0.1, -0.05) is 0 Å². The molecule has 2 rings (SSSR count). The molecule has 0 aromatic heterocycles. The van der Waals surface area contributed by atoms with E-state index < -0.39 is 0 Å². The molecule has 14 heavy (non-hydrogen) atoms. The van der Waals surface area contributed by atoms with Crippen molar-refractivity contribution in [3.05, 3.63) is 0 Å². The summed E-state index contributed by atoms with van der Waals surface area (Å²) in [5.41, 5.74) is -0.523. The minimum Gasteiger partial charge on any atom is -0.382 e. The third-order valence-corrected chi connectivity index (χ3v) is 3.65. The minimum atomic E-state index is -0.304. The van der Waals surface area contributed by atoms with Gasteiger partial charge in [0.1, 0.15) is 11.9 Å². The molecule has 2 fully saturated rings. The van der Waals surface area contributed by atoms with Crippen molar-refractivity contribution in [2.45, 2.75) is 37.7 Å². The zero-order valence-electron chi connectivity index (χ0n) is 8.75. The number of carbonyl (C=O) groups excluding carboxylic acids is 1. The molecule has 0 aromatic rings. The molecule has 1 heterocycles. The second-order valence-electron chi connectivity index (χ2n) is 4.51.